The van der Waals surface area contributed by atoms with Crippen molar-refractivity contribution in [3.63, 3.8) is 0 Å². The zero-order chi connectivity index (χ0) is 14.5. The molecule has 0 aliphatic carbocycles. The van der Waals surface area contributed by atoms with Gasteiger partial charge < -0.3 is 9.47 Å². The molecule has 0 bridgehead atoms. The number of methoxy groups -OCH3 is 1. The lowest BCUT2D eigenvalue weighted by Gasteiger charge is -2.16. The van der Waals surface area contributed by atoms with E-state index in [1.807, 2.05) is 44.2 Å². The number of carbonyl (C=O) groups is 1. The van der Waals surface area contributed by atoms with E-state index < -0.39 is 0 Å². The van der Waals surface area contributed by atoms with Gasteiger partial charge in [-0.2, -0.15) is 0 Å². The molecule has 2 rings (SSSR count). The minimum absolute atomic E-state index is 0.0939. The van der Waals surface area contributed by atoms with Crippen LogP contribution in [0.25, 0.3) is 11.1 Å². The number of carbonyl (C=O) groups excluding carboxylic acids is 1. The summed E-state index contributed by atoms with van der Waals surface area (Å²) < 4.78 is 11.2. The quantitative estimate of drug-likeness (QED) is 0.771. The van der Waals surface area contributed by atoms with Crippen LogP contribution in [0.15, 0.2) is 42.5 Å². The Bertz CT molecular complexity index is 603. The van der Waals surface area contributed by atoms with Crippen molar-refractivity contribution in [2.75, 3.05) is 7.11 Å². The first-order valence-electron chi connectivity index (χ1n) is 6.55. The largest absolute Gasteiger partial charge is 0.496 e. The van der Waals surface area contributed by atoms with Crippen LogP contribution in [0.3, 0.4) is 0 Å². The Morgan fingerprint density at radius 1 is 1.00 bits per heavy atom. The highest BCUT2D eigenvalue weighted by molar-refractivity contribution is 5.82. The van der Waals surface area contributed by atoms with Crippen LogP contribution in [0.5, 0.6) is 11.5 Å². The minimum Gasteiger partial charge on any atom is -0.496 e. The van der Waals surface area contributed by atoms with Gasteiger partial charge in [0.15, 0.2) is 0 Å². The zero-order valence-corrected chi connectivity index (χ0v) is 11.9. The fraction of sp³-hybridized carbons (Fsp3) is 0.235. The van der Waals surface area contributed by atoms with Crippen molar-refractivity contribution < 1.29 is 14.3 Å². The molecule has 0 N–H and O–H groups in total. The number of rotatable bonds is 5. The molecule has 3 heteroatoms. The molecule has 0 unspecified atom stereocenters. The molecule has 3 nitrogen and oxygen atoms in total. The van der Waals surface area contributed by atoms with E-state index in [0.29, 0.717) is 11.3 Å². The van der Waals surface area contributed by atoms with Crippen molar-refractivity contribution in [1.82, 2.24) is 0 Å². The Morgan fingerprint density at radius 3 is 2.35 bits per heavy atom. The van der Waals surface area contributed by atoms with E-state index in [1.165, 1.54) is 0 Å². The maximum absolute atomic E-state index is 10.9. The summed E-state index contributed by atoms with van der Waals surface area (Å²) in [7, 11) is 1.60. The molecule has 20 heavy (non-hydrogen) atoms. The van der Waals surface area contributed by atoms with Gasteiger partial charge in [0.1, 0.15) is 17.8 Å². The molecule has 0 aliphatic rings. The van der Waals surface area contributed by atoms with Crippen LogP contribution in [0, 0.1) is 0 Å². The molecule has 0 saturated heterocycles. The predicted molar refractivity (Wildman–Crippen MR) is 79.6 cm³/mol. The van der Waals surface area contributed by atoms with Gasteiger partial charge in [-0.15, -0.1) is 0 Å². The van der Waals surface area contributed by atoms with Crippen molar-refractivity contribution in [1.29, 1.82) is 0 Å². The zero-order valence-electron chi connectivity index (χ0n) is 11.9. The summed E-state index contributed by atoms with van der Waals surface area (Å²) >= 11 is 0. The van der Waals surface area contributed by atoms with E-state index in [1.54, 1.807) is 19.2 Å². The fourth-order valence-electron chi connectivity index (χ4n) is 2.05. The molecule has 0 amide bonds. The summed E-state index contributed by atoms with van der Waals surface area (Å²) in [6, 6.07) is 13.2. The van der Waals surface area contributed by atoms with Crippen molar-refractivity contribution in [3.8, 4) is 22.6 Å². The predicted octanol–water partition coefficient (Wildman–Crippen LogP) is 3.96. The first-order valence-corrected chi connectivity index (χ1v) is 6.55. The normalized spacial score (nSPS) is 10.4. The molecule has 0 aromatic heterocycles. The summed E-state index contributed by atoms with van der Waals surface area (Å²) in [6.45, 7) is 3.98. The second-order valence-electron chi connectivity index (χ2n) is 4.74. The third-order valence-electron chi connectivity index (χ3n) is 2.90. The van der Waals surface area contributed by atoms with Crippen LogP contribution in [-0.2, 0) is 0 Å². The highest BCUT2D eigenvalue weighted by Gasteiger charge is 2.12. The fourth-order valence-corrected chi connectivity index (χ4v) is 2.05. The summed E-state index contributed by atoms with van der Waals surface area (Å²) in [5.74, 6) is 1.47. The van der Waals surface area contributed by atoms with Crippen LogP contribution in [0.4, 0.5) is 0 Å². The van der Waals surface area contributed by atoms with Gasteiger partial charge in [0.05, 0.1) is 13.2 Å². The third kappa shape index (κ3) is 2.99. The Kier molecular flexibility index (Phi) is 4.41. The number of benzene rings is 2. The minimum atomic E-state index is 0.0939. The van der Waals surface area contributed by atoms with Crippen LogP contribution in [0.2, 0.25) is 0 Å². The number of ether oxygens (including phenoxy) is 2. The van der Waals surface area contributed by atoms with Gasteiger partial charge in [-0.25, -0.2) is 0 Å². The smallest absolute Gasteiger partial charge is 0.150 e. The van der Waals surface area contributed by atoms with Crippen LogP contribution >= 0.6 is 0 Å². The van der Waals surface area contributed by atoms with E-state index in [2.05, 4.69) is 0 Å². The van der Waals surface area contributed by atoms with Gasteiger partial charge in [-0.05, 0) is 32.0 Å². The van der Waals surface area contributed by atoms with Crippen molar-refractivity contribution in [2.24, 2.45) is 0 Å². The standard InChI is InChI=1S/C17H18O3/c1-12(2)20-16-7-5-4-6-14(16)15-9-8-13(11-18)10-17(15)19-3/h4-12H,1-3H3. The SMILES string of the molecule is COc1cc(C=O)ccc1-c1ccccc1OC(C)C. The number of para-hydroxylation sites is 1. The summed E-state index contributed by atoms with van der Waals surface area (Å²) in [4.78, 5) is 10.9. The molecule has 0 heterocycles. The average Bonchev–Trinajstić information content (AvgIpc) is 2.46. The average molecular weight is 270 g/mol. The second kappa shape index (κ2) is 6.24. The summed E-state index contributed by atoms with van der Waals surface area (Å²) in [5, 5.41) is 0. The Hall–Kier alpha value is -2.29. The topological polar surface area (TPSA) is 35.5 Å². The lowest BCUT2D eigenvalue weighted by molar-refractivity contribution is 0.112. The second-order valence-corrected chi connectivity index (χ2v) is 4.74. The van der Waals surface area contributed by atoms with Gasteiger partial charge >= 0.3 is 0 Å². The van der Waals surface area contributed by atoms with Gasteiger partial charge in [-0.1, -0.05) is 24.3 Å². The van der Waals surface area contributed by atoms with Gasteiger partial charge in [0, 0.05) is 16.7 Å². The maximum atomic E-state index is 10.9. The van der Waals surface area contributed by atoms with E-state index in [-0.39, 0.29) is 6.10 Å². The number of aldehydes is 1. The van der Waals surface area contributed by atoms with Gasteiger partial charge in [0.2, 0.25) is 0 Å². The van der Waals surface area contributed by atoms with Crippen molar-refractivity contribution >= 4 is 6.29 Å². The monoisotopic (exact) mass is 270 g/mol. The van der Waals surface area contributed by atoms with Crippen molar-refractivity contribution in [2.45, 2.75) is 20.0 Å². The van der Waals surface area contributed by atoms with E-state index in [4.69, 9.17) is 9.47 Å². The molecule has 0 spiro atoms. The highest BCUT2D eigenvalue weighted by atomic mass is 16.5. The molecule has 104 valence electrons. The van der Waals surface area contributed by atoms with Gasteiger partial charge in [-0.3, -0.25) is 4.79 Å². The third-order valence-corrected chi connectivity index (χ3v) is 2.90. The molecule has 2 aromatic rings. The molecule has 0 fully saturated rings. The molecule has 0 atom stereocenters. The molecule has 0 radical (unpaired) electrons. The molecule has 0 aliphatic heterocycles. The highest BCUT2D eigenvalue weighted by Crippen LogP contribution is 2.37. The molecule has 2 aromatic carbocycles. The number of hydrogen-bond acceptors (Lipinski definition) is 3. The number of hydrogen-bond donors (Lipinski definition) is 0. The van der Waals surface area contributed by atoms with E-state index in [0.717, 1.165) is 23.2 Å². The molecule has 0 saturated carbocycles. The Balaban J connectivity index is 2.53. The van der Waals surface area contributed by atoms with Gasteiger partial charge in [0.25, 0.3) is 0 Å². The Labute approximate surface area is 119 Å². The molecular weight excluding hydrogens is 252 g/mol. The summed E-state index contributed by atoms with van der Waals surface area (Å²) in [6.07, 6.45) is 0.902. The Morgan fingerprint density at radius 2 is 1.70 bits per heavy atom. The van der Waals surface area contributed by atoms with Crippen LogP contribution in [0.1, 0.15) is 24.2 Å². The lowest BCUT2D eigenvalue weighted by atomic mass is 10.0. The van der Waals surface area contributed by atoms with Crippen LogP contribution in [-0.4, -0.2) is 19.5 Å². The van der Waals surface area contributed by atoms with Crippen LogP contribution < -0.4 is 9.47 Å². The summed E-state index contributed by atoms with van der Waals surface area (Å²) in [5.41, 5.74) is 2.46. The maximum Gasteiger partial charge on any atom is 0.150 e. The van der Waals surface area contributed by atoms with E-state index >= 15 is 0 Å². The first-order chi connectivity index (χ1) is 9.65. The van der Waals surface area contributed by atoms with Crippen molar-refractivity contribution in [3.05, 3.63) is 48.0 Å². The molecular formula is C17H18O3. The van der Waals surface area contributed by atoms with E-state index in [9.17, 15) is 4.79 Å². The lowest BCUT2D eigenvalue weighted by Crippen LogP contribution is -2.06. The first kappa shape index (κ1) is 14.1.